The Labute approximate surface area is 102 Å². The Kier molecular flexibility index (Phi) is 7.66. The predicted molar refractivity (Wildman–Crippen MR) is 57.0 cm³/mol. The van der Waals surface area contributed by atoms with Crippen LogP contribution in [0.25, 0.3) is 0 Å². The van der Waals surface area contributed by atoms with E-state index in [-0.39, 0.29) is 12.3 Å². The van der Waals surface area contributed by atoms with Gasteiger partial charge in [-0.3, -0.25) is 4.52 Å². The Morgan fingerprint density at radius 2 is 1.00 bits per heavy atom. The third-order valence-corrected chi connectivity index (χ3v) is 2.85. The smallest absolute Gasteiger partial charge is 0.387 e. The zero-order chi connectivity index (χ0) is 12.7. The molecule has 0 radical (unpaired) electrons. The number of phosphoric acid groups is 1. The van der Waals surface area contributed by atoms with Gasteiger partial charge in [-0.15, -0.1) is 0 Å². The van der Waals surface area contributed by atoms with Gasteiger partial charge >= 0.3 is 7.82 Å². The van der Waals surface area contributed by atoms with Gasteiger partial charge < -0.3 is 47.6 Å². The van der Waals surface area contributed by atoms with Crippen LogP contribution in [0.2, 0.25) is 0 Å². The molecular weight excluding hydrogens is 275 g/mol. The number of hydrogen-bond acceptors (Lipinski definition) is 9. The lowest BCUT2D eigenvalue weighted by Crippen LogP contribution is -2.64. The molecule has 1 aliphatic rings. The minimum Gasteiger partial charge on any atom is -0.387 e. The molecule has 0 aromatic rings. The van der Waals surface area contributed by atoms with E-state index < -0.39 is 44.4 Å². The standard InChI is InChI=1S/C6H13O9P.2H3N/c7-1-2(8)4(10)6(5(11)3(1)9)15-16(12,13)14;;/h1-11H,(H2,12,13,14);2*1H3/t1?,2-,3-,4-,5+,6?;;/m1../s1. The molecule has 112 valence electrons. The van der Waals surface area contributed by atoms with E-state index in [9.17, 15) is 25.0 Å². The minimum absolute atomic E-state index is 0. The van der Waals surface area contributed by atoms with Crippen molar-refractivity contribution in [1.29, 1.82) is 0 Å². The Morgan fingerprint density at radius 3 is 1.28 bits per heavy atom. The monoisotopic (exact) mass is 294 g/mol. The summed E-state index contributed by atoms with van der Waals surface area (Å²) in [5.74, 6) is 0. The van der Waals surface area contributed by atoms with Crippen molar-refractivity contribution in [2.45, 2.75) is 36.6 Å². The van der Waals surface area contributed by atoms with E-state index in [2.05, 4.69) is 4.52 Å². The van der Waals surface area contributed by atoms with Gasteiger partial charge in [0.25, 0.3) is 0 Å². The summed E-state index contributed by atoms with van der Waals surface area (Å²) in [5.41, 5.74) is 0. The molecule has 0 amide bonds. The van der Waals surface area contributed by atoms with Gasteiger partial charge in [0.2, 0.25) is 0 Å². The van der Waals surface area contributed by atoms with Crippen molar-refractivity contribution < 1.29 is 44.4 Å². The summed E-state index contributed by atoms with van der Waals surface area (Å²) in [7, 11) is -5.01. The Hall–Kier alpha value is -0.170. The van der Waals surface area contributed by atoms with Crippen LogP contribution < -0.4 is 12.3 Å². The topological polar surface area (TPSA) is 238 Å². The summed E-state index contributed by atoms with van der Waals surface area (Å²) in [4.78, 5) is 17.0. The van der Waals surface area contributed by atoms with Gasteiger partial charge in [0.1, 0.15) is 36.6 Å². The molecule has 18 heavy (non-hydrogen) atoms. The maximum atomic E-state index is 10.5. The van der Waals surface area contributed by atoms with Crippen LogP contribution in [0.1, 0.15) is 0 Å². The van der Waals surface area contributed by atoms with E-state index in [1.54, 1.807) is 0 Å². The molecule has 0 bridgehead atoms. The SMILES string of the molecule is N.N.O=P(O)(O)OC1[C@@H](O)[C@H](O)C(O)[C@@H](O)[C@H]1O. The summed E-state index contributed by atoms with van der Waals surface area (Å²) in [6.45, 7) is 0. The largest absolute Gasteiger partial charge is 0.470 e. The number of aliphatic hydroxyl groups excluding tert-OH is 5. The van der Waals surface area contributed by atoms with E-state index in [4.69, 9.17) is 14.9 Å². The summed E-state index contributed by atoms with van der Waals surface area (Å²) in [6.07, 6.45) is -11.3. The second-order valence-electron chi connectivity index (χ2n) is 3.51. The predicted octanol–water partition coefficient (Wildman–Crippen LogP) is -3.39. The second-order valence-corrected chi connectivity index (χ2v) is 4.71. The highest BCUT2D eigenvalue weighted by molar-refractivity contribution is 7.46. The molecule has 11 nitrogen and oxygen atoms in total. The van der Waals surface area contributed by atoms with Crippen LogP contribution in [0.15, 0.2) is 0 Å². The first-order chi connectivity index (χ1) is 7.15. The molecule has 0 spiro atoms. The zero-order valence-corrected chi connectivity index (χ0v) is 10.2. The lowest BCUT2D eigenvalue weighted by Gasteiger charge is -2.41. The van der Waals surface area contributed by atoms with E-state index in [0.29, 0.717) is 0 Å². The van der Waals surface area contributed by atoms with Crippen molar-refractivity contribution in [3.63, 3.8) is 0 Å². The summed E-state index contributed by atoms with van der Waals surface area (Å²) < 4.78 is 14.5. The fourth-order valence-corrected chi connectivity index (χ4v) is 2.05. The Bertz CT molecular complexity index is 283. The molecule has 12 heteroatoms. The molecule has 1 fully saturated rings. The summed E-state index contributed by atoms with van der Waals surface area (Å²) in [6, 6.07) is 0. The minimum atomic E-state index is -5.01. The number of rotatable bonds is 2. The highest BCUT2D eigenvalue weighted by atomic mass is 31.2. The van der Waals surface area contributed by atoms with E-state index in [0.717, 1.165) is 0 Å². The van der Waals surface area contributed by atoms with Crippen LogP contribution in [0, 0.1) is 0 Å². The van der Waals surface area contributed by atoms with Crippen LogP contribution in [-0.2, 0) is 9.09 Å². The molecule has 1 rings (SSSR count). The molecule has 0 aromatic carbocycles. The molecule has 2 unspecified atom stereocenters. The molecule has 6 atom stereocenters. The van der Waals surface area contributed by atoms with Gasteiger partial charge in [-0.2, -0.15) is 0 Å². The van der Waals surface area contributed by atoms with Crippen molar-refractivity contribution in [3.8, 4) is 0 Å². The summed E-state index contributed by atoms with van der Waals surface area (Å²) >= 11 is 0. The fourth-order valence-electron chi connectivity index (χ4n) is 1.48. The molecule has 1 saturated carbocycles. The van der Waals surface area contributed by atoms with Crippen molar-refractivity contribution in [2.75, 3.05) is 0 Å². The van der Waals surface area contributed by atoms with Gasteiger partial charge in [0.15, 0.2) is 0 Å². The average Bonchev–Trinajstić information content (AvgIpc) is 2.17. The van der Waals surface area contributed by atoms with E-state index in [1.807, 2.05) is 0 Å². The van der Waals surface area contributed by atoms with Crippen molar-refractivity contribution in [2.24, 2.45) is 0 Å². The highest BCUT2D eigenvalue weighted by Crippen LogP contribution is 2.41. The van der Waals surface area contributed by atoms with Crippen LogP contribution in [0.4, 0.5) is 0 Å². The Morgan fingerprint density at radius 1 is 0.722 bits per heavy atom. The number of phosphoric ester groups is 1. The maximum Gasteiger partial charge on any atom is 0.470 e. The third-order valence-electron chi connectivity index (χ3n) is 2.33. The second kappa shape index (κ2) is 6.84. The van der Waals surface area contributed by atoms with Crippen LogP contribution >= 0.6 is 7.82 Å². The van der Waals surface area contributed by atoms with Crippen LogP contribution in [0.5, 0.6) is 0 Å². The number of hydrogen-bond donors (Lipinski definition) is 9. The van der Waals surface area contributed by atoms with Gasteiger partial charge in [0.05, 0.1) is 0 Å². The quantitative estimate of drug-likeness (QED) is 0.227. The number of aliphatic hydroxyl groups is 5. The van der Waals surface area contributed by atoms with Gasteiger partial charge in [0, 0.05) is 0 Å². The van der Waals surface area contributed by atoms with Crippen LogP contribution in [-0.4, -0.2) is 71.9 Å². The van der Waals surface area contributed by atoms with E-state index >= 15 is 0 Å². The first kappa shape index (κ1) is 20.2. The third kappa shape index (κ3) is 4.19. The van der Waals surface area contributed by atoms with Crippen molar-refractivity contribution in [1.82, 2.24) is 12.3 Å². The molecule has 0 aliphatic heterocycles. The molecule has 0 aromatic heterocycles. The van der Waals surface area contributed by atoms with Crippen molar-refractivity contribution >= 4 is 7.82 Å². The maximum absolute atomic E-state index is 10.5. The lowest BCUT2D eigenvalue weighted by molar-refractivity contribution is -0.219. The zero-order valence-electron chi connectivity index (χ0n) is 9.27. The van der Waals surface area contributed by atoms with Gasteiger partial charge in [-0.1, -0.05) is 0 Å². The van der Waals surface area contributed by atoms with Gasteiger partial charge in [-0.25, -0.2) is 4.57 Å². The molecular formula is C6H19N2O9P. The fraction of sp³-hybridized carbons (Fsp3) is 1.00. The first-order valence-electron chi connectivity index (χ1n) is 4.29. The lowest BCUT2D eigenvalue weighted by atomic mass is 9.85. The van der Waals surface area contributed by atoms with Crippen molar-refractivity contribution in [3.05, 3.63) is 0 Å². The molecule has 0 heterocycles. The first-order valence-corrected chi connectivity index (χ1v) is 5.82. The molecule has 13 N–H and O–H groups in total. The van der Waals surface area contributed by atoms with Crippen LogP contribution in [0.3, 0.4) is 0 Å². The normalized spacial score (nSPS) is 40.6. The highest BCUT2D eigenvalue weighted by Gasteiger charge is 2.50. The average molecular weight is 294 g/mol. The van der Waals surface area contributed by atoms with Gasteiger partial charge in [-0.05, 0) is 0 Å². The Balaban J connectivity index is 0. The molecule has 1 aliphatic carbocycles. The van der Waals surface area contributed by atoms with E-state index in [1.165, 1.54) is 0 Å². The summed E-state index contributed by atoms with van der Waals surface area (Å²) in [5, 5.41) is 46.1. The molecule has 0 saturated heterocycles.